The van der Waals surface area contributed by atoms with Crippen molar-refractivity contribution in [3.63, 3.8) is 0 Å². The third kappa shape index (κ3) is 2.87. The van der Waals surface area contributed by atoms with E-state index in [1.807, 2.05) is 6.20 Å². The lowest BCUT2D eigenvalue weighted by atomic mass is 9.77. The molecule has 0 aliphatic carbocycles. The first-order chi connectivity index (χ1) is 12.4. The lowest BCUT2D eigenvalue weighted by Gasteiger charge is -2.42. The molecule has 3 nitrogen and oxygen atoms in total. The summed E-state index contributed by atoms with van der Waals surface area (Å²) in [5, 5.41) is 1.27. The second-order valence-corrected chi connectivity index (χ2v) is 7.74. The number of aromatic amines is 1. The fourth-order valence-corrected chi connectivity index (χ4v) is 4.84. The van der Waals surface area contributed by atoms with Crippen molar-refractivity contribution < 1.29 is 0 Å². The van der Waals surface area contributed by atoms with Crippen molar-refractivity contribution in [2.45, 2.75) is 25.7 Å². The van der Waals surface area contributed by atoms with Crippen molar-refractivity contribution in [2.24, 2.45) is 11.8 Å². The monoisotopic (exact) mass is 331 g/mol. The predicted molar refractivity (Wildman–Crippen MR) is 103 cm³/mol. The predicted octanol–water partition coefficient (Wildman–Crippen LogP) is 4.50. The fourth-order valence-electron chi connectivity index (χ4n) is 4.84. The highest BCUT2D eigenvalue weighted by atomic mass is 15.1. The minimum atomic E-state index is 0.822. The molecule has 3 aromatic rings. The molecule has 128 valence electrons. The van der Waals surface area contributed by atoms with Crippen molar-refractivity contribution in [3.8, 4) is 11.1 Å². The average Bonchev–Trinajstić information content (AvgIpc) is 3.14. The maximum absolute atomic E-state index is 4.82. The van der Waals surface area contributed by atoms with E-state index in [2.05, 4.69) is 52.5 Å². The molecule has 0 spiro atoms. The molecule has 2 aromatic heterocycles. The Morgan fingerprint density at radius 3 is 3.00 bits per heavy atom. The third-order valence-electron chi connectivity index (χ3n) is 6.23. The van der Waals surface area contributed by atoms with Crippen molar-refractivity contribution in [3.05, 3.63) is 54.5 Å². The lowest BCUT2D eigenvalue weighted by Crippen LogP contribution is -2.45. The van der Waals surface area contributed by atoms with Crippen LogP contribution in [0.5, 0.6) is 0 Å². The molecule has 2 bridgehead atoms. The Morgan fingerprint density at radius 2 is 2.08 bits per heavy atom. The van der Waals surface area contributed by atoms with Gasteiger partial charge in [-0.3, -0.25) is 4.98 Å². The van der Waals surface area contributed by atoms with Crippen molar-refractivity contribution in [1.29, 1.82) is 0 Å². The second-order valence-electron chi connectivity index (χ2n) is 7.74. The van der Waals surface area contributed by atoms with Crippen LogP contribution in [0, 0.1) is 11.8 Å². The number of aromatic nitrogens is 2. The number of benzene rings is 1. The molecule has 5 rings (SSSR count). The van der Waals surface area contributed by atoms with Gasteiger partial charge in [0.2, 0.25) is 0 Å². The summed E-state index contributed by atoms with van der Waals surface area (Å²) in [5.41, 5.74) is 4.92. The summed E-state index contributed by atoms with van der Waals surface area (Å²) < 4.78 is 0. The van der Waals surface area contributed by atoms with Crippen LogP contribution in [0.25, 0.3) is 22.0 Å². The molecular formula is C22H25N3. The minimum Gasteiger partial charge on any atom is -0.361 e. The number of piperidine rings is 2. The van der Waals surface area contributed by atoms with Gasteiger partial charge in [-0.2, -0.15) is 0 Å². The highest BCUT2D eigenvalue weighted by Crippen LogP contribution is 2.34. The number of fused-ring (bicyclic) bond motifs is 3. The van der Waals surface area contributed by atoms with Gasteiger partial charge in [-0.1, -0.05) is 18.2 Å². The Balaban J connectivity index is 1.36. The SMILES string of the molecule is c1cc(-c2ccc(CC3CCN4CCCC3C4)nc2)c2cc[nH]c2c1. The van der Waals surface area contributed by atoms with Gasteiger partial charge in [0.05, 0.1) is 0 Å². The number of hydrogen-bond acceptors (Lipinski definition) is 2. The Morgan fingerprint density at radius 1 is 1.08 bits per heavy atom. The van der Waals surface area contributed by atoms with Crippen LogP contribution in [0.15, 0.2) is 48.8 Å². The van der Waals surface area contributed by atoms with Gasteiger partial charge in [0.15, 0.2) is 0 Å². The van der Waals surface area contributed by atoms with E-state index < -0.39 is 0 Å². The zero-order chi connectivity index (χ0) is 16.6. The number of rotatable bonds is 3. The summed E-state index contributed by atoms with van der Waals surface area (Å²) in [4.78, 5) is 10.8. The second kappa shape index (κ2) is 6.30. The average molecular weight is 331 g/mol. The van der Waals surface area contributed by atoms with Crippen LogP contribution in [0.3, 0.4) is 0 Å². The van der Waals surface area contributed by atoms with Gasteiger partial charge in [0.25, 0.3) is 0 Å². The van der Waals surface area contributed by atoms with Crippen LogP contribution in [-0.4, -0.2) is 34.5 Å². The maximum Gasteiger partial charge on any atom is 0.0460 e. The van der Waals surface area contributed by atoms with E-state index in [0.29, 0.717) is 0 Å². The smallest absolute Gasteiger partial charge is 0.0460 e. The molecule has 0 radical (unpaired) electrons. The van der Waals surface area contributed by atoms with Gasteiger partial charge >= 0.3 is 0 Å². The third-order valence-corrected chi connectivity index (χ3v) is 6.23. The van der Waals surface area contributed by atoms with E-state index >= 15 is 0 Å². The van der Waals surface area contributed by atoms with E-state index in [9.17, 15) is 0 Å². The van der Waals surface area contributed by atoms with Crippen molar-refractivity contribution in [2.75, 3.05) is 19.6 Å². The highest BCUT2D eigenvalue weighted by molar-refractivity contribution is 5.94. The lowest BCUT2D eigenvalue weighted by molar-refractivity contribution is 0.0736. The first-order valence-corrected chi connectivity index (χ1v) is 9.60. The Labute approximate surface area is 149 Å². The summed E-state index contributed by atoms with van der Waals surface area (Å²) >= 11 is 0. The zero-order valence-electron chi connectivity index (χ0n) is 14.6. The zero-order valence-corrected chi connectivity index (χ0v) is 14.6. The van der Waals surface area contributed by atoms with E-state index in [1.54, 1.807) is 0 Å². The van der Waals surface area contributed by atoms with Gasteiger partial charge in [-0.15, -0.1) is 0 Å². The summed E-state index contributed by atoms with van der Waals surface area (Å²) in [5.74, 6) is 1.71. The van der Waals surface area contributed by atoms with Crippen LogP contribution >= 0.6 is 0 Å². The topological polar surface area (TPSA) is 31.9 Å². The van der Waals surface area contributed by atoms with Crippen LogP contribution in [0.2, 0.25) is 0 Å². The van der Waals surface area contributed by atoms with E-state index in [0.717, 1.165) is 18.3 Å². The molecule has 25 heavy (non-hydrogen) atoms. The molecule has 1 N–H and O–H groups in total. The first kappa shape index (κ1) is 15.2. The Bertz CT molecular complexity index is 864. The van der Waals surface area contributed by atoms with Gasteiger partial charge in [-0.05, 0) is 74.4 Å². The van der Waals surface area contributed by atoms with E-state index in [-0.39, 0.29) is 0 Å². The summed E-state index contributed by atoms with van der Waals surface area (Å²) in [6.45, 7) is 3.92. The normalized spacial score (nSPS) is 26.0. The molecule has 4 heterocycles. The van der Waals surface area contributed by atoms with Crippen molar-refractivity contribution >= 4 is 10.9 Å². The number of hydrogen-bond donors (Lipinski definition) is 1. The van der Waals surface area contributed by atoms with E-state index in [1.165, 1.54) is 66.6 Å². The molecule has 2 aliphatic heterocycles. The molecule has 2 fully saturated rings. The highest BCUT2D eigenvalue weighted by Gasteiger charge is 2.31. The maximum atomic E-state index is 4.82. The molecule has 0 amide bonds. The summed E-state index contributed by atoms with van der Waals surface area (Å²) in [6.07, 6.45) is 9.35. The van der Waals surface area contributed by atoms with Crippen LogP contribution in [-0.2, 0) is 6.42 Å². The molecule has 3 unspecified atom stereocenters. The molecule has 2 aliphatic rings. The minimum absolute atomic E-state index is 0.822. The van der Waals surface area contributed by atoms with Gasteiger partial charge in [-0.25, -0.2) is 0 Å². The number of nitrogens with one attached hydrogen (secondary N) is 1. The van der Waals surface area contributed by atoms with Crippen LogP contribution in [0.1, 0.15) is 25.0 Å². The largest absolute Gasteiger partial charge is 0.361 e. The van der Waals surface area contributed by atoms with Gasteiger partial charge < -0.3 is 9.88 Å². The van der Waals surface area contributed by atoms with E-state index in [4.69, 9.17) is 4.98 Å². The number of pyridine rings is 1. The standard InChI is InChI=1S/C22H25N3/c1-4-20(21-8-10-23-22(21)5-1)17-6-7-19(24-14-17)13-16-9-12-25-11-2-3-18(16)15-25/h1,4-8,10,14,16,18,23H,2-3,9,11-13,15H2. The molecular weight excluding hydrogens is 306 g/mol. The molecule has 1 aromatic carbocycles. The van der Waals surface area contributed by atoms with Crippen molar-refractivity contribution in [1.82, 2.24) is 14.9 Å². The first-order valence-electron chi connectivity index (χ1n) is 9.60. The fraction of sp³-hybridized carbons (Fsp3) is 0.409. The Kier molecular flexibility index (Phi) is 3.82. The Hall–Kier alpha value is -2.13. The number of nitrogens with zero attached hydrogens (tertiary/aromatic N) is 2. The van der Waals surface area contributed by atoms with Gasteiger partial charge in [0, 0.05) is 41.1 Å². The molecule has 2 saturated heterocycles. The summed E-state index contributed by atoms with van der Waals surface area (Å²) in [6, 6.07) is 13.1. The molecule has 0 saturated carbocycles. The molecule has 3 atom stereocenters. The quantitative estimate of drug-likeness (QED) is 0.766. The van der Waals surface area contributed by atoms with Gasteiger partial charge in [0.1, 0.15) is 0 Å². The number of H-pyrrole nitrogens is 1. The van der Waals surface area contributed by atoms with Crippen LogP contribution in [0.4, 0.5) is 0 Å². The molecule has 3 heteroatoms. The summed E-state index contributed by atoms with van der Waals surface area (Å²) in [7, 11) is 0. The van der Waals surface area contributed by atoms with Crippen LogP contribution < -0.4 is 0 Å².